The van der Waals surface area contributed by atoms with Gasteiger partial charge in [0.25, 0.3) is 0 Å². The Bertz CT molecular complexity index is 543. The first-order valence-electron chi connectivity index (χ1n) is 5.90. The predicted octanol–water partition coefficient (Wildman–Crippen LogP) is 3.66. The van der Waals surface area contributed by atoms with Crippen LogP contribution in [0.5, 0.6) is 0 Å². The number of aromatic nitrogens is 1. The number of oxazole rings is 1. The summed E-state index contributed by atoms with van der Waals surface area (Å²) in [4.78, 5) is 4.42. The second-order valence-electron chi connectivity index (χ2n) is 6.42. The minimum atomic E-state index is -1.14. The van der Waals surface area contributed by atoms with Gasteiger partial charge in [-0.05, 0) is 11.5 Å². The van der Waals surface area contributed by atoms with Crippen molar-refractivity contribution in [2.24, 2.45) is 0 Å². The Kier molecular flexibility index (Phi) is 2.82. The van der Waals surface area contributed by atoms with Crippen molar-refractivity contribution in [3.63, 3.8) is 0 Å². The Labute approximate surface area is 104 Å². The molecule has 0 saturated heterocycles. The third-order valence-corrected chi connectivity index (χ3v) is 4.75. The molecule has 0 bridgehead atoms. The third kappa shape index (κ3) is 2.24. The lowest BCUT2D eigenvalue weighted by molar-refractivity contribution is 0.592. The van der Waals surface area contributed by atoms with Gasteiger partial charge in [0.15, 0.2) is 17.5 Å². The standard InChI is InChI=1S/C14H21NOP/c1-14(2,3)10-7-8-11-12(15-9-16-11)13(10)17(4,5)6/h7-9H,1-6H3/q+1. The minimum Gasteiger partial charge on any atom is -0.443 e. The molecule has 1 aromatic carbocycles. The highest BCUT2D eigenvalue weighted by Crippen LogP contribution is 2.49. The summed E-state index contributed by atoms with van der Waals surface area (Å²) in [6, 6.07) is 4.25. The van der Waals surface area contributed by atoms with E-state index < -0.39 is 7.26 Å². The van der Waals surface area contributed by atoms with Crippen molar-refractivity contribution in [1.29, 1.82) is 0 Å². The van der Waals surface area contributed by atoms with Crippen molar-refractivity contribution in [2.45, 2.75) is 26.2 Å². The molecule has 0 unspecified atom stereocenters. The normalized spacial score (nSPS) is 13.3. The molecule has 0 atom stereocenters. The molecule has 0 saturated carbocycles. The van der Waals surface area contributed by atoms with Gasteiger partial charge < -0.3 is 4.42 Å². The summed E-state index contributed by atoms with van der Waals surface area (Å²) in [5.41, 5.74) is 3.51. The van der Waals surface area contributed by atoms with Crippen LogP contribution in [0.4, 0.5) is 0 Å². The predicted molar refractivity (Wildman–Crippen MR) is 77.0 cm³/mol. The van der Waals surface area contributed by atoms with Gasteiger partial charge in [0.1, 0.15) is 5.30 Å². The molecule has 3 heteroatoms. The van der Waals surface area contributed by atoms with E-state index in [0.717, 1.165) is 11.1 Å². The molecule has 2 nitrogen and oxygen atoms in total. The van der Waals surface area contributed by atoms with Crippen LogP contribution in [0.25, 0.3) is 11.1 Å². The van der Waals surface area contributed by atoms with E-state index in [0.29, 0.717) is 0 Å². The van der Waals surface area contributed by atoms with Crippen LogP contribution in [-0.4, -0.2) is 25.0 Å². The van der Waals surface area contributed by atoms with Crippen molar-refractivity contribution < 1.29 is 4.42 Å². The summed E-state index contributed by atoms with van der Waals surface area (Å²) in [5.74, 6) is 0. The van der Waals surface area contributed by atoms with Gasteiger partial charge in [0.05, 0.1) is 20.0 Å². The van der Waals surface area contributed by atoms with Gasteiger partial charge in [-0.25, -0.2) is 4.98 Å². The second kappa shape index (κ2) is 3.81. The van der Waals surface area contributed by atoms with Gasteiger partial charge in [-0.15, -0.1) is 0 Å². The van der Waals surface area contributed by atoms with Crippen LogP contribution in [0.3, 0.4) is 0 Å². The quantitative estimate of drug-likeness (QED) is 0.722. The van der Waals surface area contributed by atoms with Gasteiger partial charge in [-0.3, -0.25) is 0 Å². The SMILES string of the molecule is CC(C)(C)c1ccc2ocnc2c1[P+](C)(C)C. The monoisotopic (exact) mass is 250 g/mol. The highest BCUT2D eigenvalue weighted by molar-refractivity contribution is 7.81. The average molecular weight is 250 g/mol. The smallest absolute Gasteiger partial charge is 0.182 e. The summed E-state index contributed by atoms with van der Waals surface area (Å²) >= 11 is 0. The number of hydrogen-bond acceptors (Lipinski definition) is 2. The summed E-state index contributed by atoms with van der Waals surface area (Å²) in [6.07, 6.45) is 1.55. The van der Waals surface area contributed by atoms with Gasteiger partial charge >= 0.3 is 0 Å². The van der Waals surface area contributed by atoms with E-state index in [1.54, 1.807) is 6.39 Å². The molecular formula is C14H21NOP+. The molecule has 0 amide bonds. The Morgan fingerprint density at radius 2 is 1.76 bits per heavy atom. The fraction of sp³-hybridized carbons (Fsp3) is 0.500. The van der Waals surface area contributed by atoms with Gasteiger partial charge in [-0.1, -0.05) is 26.8 Å². The van der Waals surface area contributed by atoms with Crippen LogP contribution >= 0.6 is 7.26 Å². The fourth-order valence-electron chi connectivity index (χ4n) is 2.20. The minimum absolute atomic E-state index is 0.149. The number of rotatable bonds is 1. The van der Waals surface area contributed by atoms with Gasteiger partial charge in [-0.2, -0.15) is 0 Å². The lowest BCUT2D eigenvalue weighted by Gasteiger charge is -2.25. The zero-order valence-electron chi connectivity index (χ0n) is 11.5. The maximum absolute atomic E-state index is 5.43. The van der Waals surface area contributed by atoms with Crippen molar-refractivity contribution in [3.05, 3.63) is 24.1 Å². The summed E-state index contributed by atoms with van der Waals surface area (Å²) in [5, 5.41) is 1.41. The van der Waals surface area contributed by atoms with E-state index >= 15 is 0 Å². The van der Waals surface area contributed by atoms with Crippen LogP contribution < -0.4 is 5.30 Å². The molecule has 0 fully saturated rings. The van der Waals surface area contributed by atoms with Crippen LogP contribution in [-0.2, 0) is 5.41 Å². The highest BCUT2D eigenvalue weighted by atomic mass is 31.2. The molecule has 0 aliphatic heterocycles. The molecule has 1 heterocycles. The number of fused-ring (bicyclic) bond motifs is 1. The summed E-state index contributed by atoms with van der Waals surface area (Å²) in [7, 11) is -1.14. The van der Waals surface area contributed by atoms with Crippen LogP contribution in [0.2, 0.25) is 0 Å². The van der Waals surface area contributed by atoms with Crippen LogP contribution in [0, 0.1) is 0 Å². The number of nitrogens with zero attached hydrogens (tertiary/aromatic N) is 1. The first kappa shape index (κ1) is 12.6. The molecule has 2 aromatic rings. The van der Waals surface area contributed by atoms with E-state index in [9.17, 15) is 0 Å². The molecule has 2 rings (SSSR count). The van der Waals surface area contributed by atoms with E-state index in [4.69, 9.17) is 4.42 Å². The second-order valence-corrected chi connectivity index (χ2v) is 10.9. The van der Waals surface area contributed by atoms with E-state index in [2.05, 4.69) is 51.8 Å². The molecule has 0 spiro atoms. The zero-order chi connectivity index (χ0) is 12.8. The van der Waals surface area contributed by atoms with E-state index in [1.807, 2.05) is 6.07 Å². The first-order chi connectivity index (χ1) is 7.71. The zero-order valence-corrected chi connectivity index (χ0v) is 12.4. The molecule has 1 aromatic heterocycles. The number of benzene rings is 1. The molecule has 92 valence electrons. The summed E-state index contributed by atoms with van der Waals surface area (Å²) < 4.78 is 5.43. The van der Waals surface area contributed by atoms with E-state index in [-0.39, 0.29) is 5.41 Å². The molecule has 0 aliphatic rings. The molecule has 0 aliphatic carbocycles. The van der Waals surface area contributed by atoms with Crippen molar-refractivity contribution in [2.75, 3.05) is 20.0 Å². The van der Waals surface area contributed by atoms with Crippen LogP contribution in [0.15, 0.2) is 22.9 Å². The van der Waals surface area contributed by atoms with Crippen molar-refractivity contribution in [1.82, 2.24) is 4.98 Å². The maximum atomic E-state index is 5.43. The highest BCUT2D eigenvalue weighted by Gasteiger charge is 2.33. The summed E-state index contributed by atoms with van der Waals surface area (Å²) in [6.45, 7) is 13.8. The van der Waals surface area contributed by atoms with Gasteiger partial charge in [0.2, 0.25) is 0 Å². The maximum Gasteiger partial charge on any atom is 0.182 e. The Morgan fingerprint density at radius 3 is 2.29 bits per heavy atom. The number of hydrogen-bond donors (Lipinski definition) is 0. The van der Waals surface area contributed by atoms with Crippen molar-refractivity contribution >= 4 is 23.7 Å². The molecule has 17 heavy (non-hydrogen) atoms. The Morgan fingerprint density at radius 1 is 1.12 bits per heavy atom. The largest absolute Gasteiger partial charge is 0.443 e. The average Bonchev–Trinajstić information content (AvgIpc) is 2.59. The third-order valence-electron chi connectivity index (χ3n) is 2.95. The van der Waals surface area contributed by atoms with E-state index in [1.165, 1.54) is 10.9 Å². The van der Waals surface area contributed by atoms with Crippen molar-refractivity contribution in [3.8, 4) is 0 Å². The van der Waals surface area contributed by atoms with Gasteiger partial charge in [0, 0.05) is 12.8 Å². The fourth-order valence-corrected chi connectivity index (χ4v) is 4.14. The Balaban J connectivity index is 2.85. The lowest BCUT2D eigenvalue weighted by atomic mass is 9.87. The Hall–Kier alpha value is -0.880. The molecule has 0 N–H and O–H groups in total. The van der Waals surface area contributed by atoms with Crippen LogP contribution in [0.1, 0.15) is 26.3 Å². The first-order valence-corrected chi connectivity index (χ1v) is 9.03. The lowest BCUT2D eigenvalue weighted by Crippen LogP contribution is -2.25. The molecule has 0 radical (unpaired) electrons. The topological polar surface area (TPSA) is 26.0 Å². The molecular weight excluding hydrogens is 229 g/mol.